The van der Waals surface area contributed by atoms with Gasteiger partial charge in [0.2, 0.25) is 5.91 Å². The monoisotopic (exact) mass is 450 g/mol. The largest absolute Gasteiger partial charge is 0.338 e. The van der Waals surface area contributed by atoms with E-state index in [4.69, 9.17) is 23.1 Å². The summed E-state index contributed by atoms with van der Waals surface area (Å²) in [7, 11) is 0. The van der Waals surface area contributed by atoms with Crippen LogP contribution in [0.5, 0.6) is 0 Å². The van der Waals surface area contributed by atoms with Crippen LogP contribution in [0.2, 0.25) is 5.02 Å². The average Bonchev–Trinajstić information content (AvgIpc) is 2.83. The lowest BCUT2D eigenvalue weighted by molar-refractivity contribution is -0.135. The minimum atomic E-state index is -0.557. The normalized spacial score (nSPS) is 18.1. The summed E-state index contributed by atoms with van der Waals surface area (Å²) in [6.07, 6.45) is 1.47. The van der Waals surface area contributed by atoms with Crippen molar-refractivity contribution >= 4 is 28.3 Å². The van der Waals surface area contributed by atoms with E-state index in [1.807, 2.05) is 29.2 Å². The van der Waals surface area contributed by atoms with Gasteiger partial charge < -0.3 is 16.4 Å². The lowest BCUT2D eigenvalue weighted by Crippen LogP contribution is -2.60. The smallest absolute Gasteiger partial charge is 0.239 e. The minimum absolute atomic E-state index is 0.00687. The zero-order valence-electron chi connectivity index (χ0n) is 18.3. The van der Waals surface area contributed by atoms with E-state index in [9.17, 15) is 4.79 Å². The van der Waals surface area contributed by atoms with Crippen LogP contribution in [0, 0.1) is 0 Å². The standard InChI is InChI=1S/C26H31ClN4O/c27-23-9-6-19(7-10-23)16-25(29)26(32)31-14-13-30(24(17-28)18-31)12-11-20-5-8-21-3-1-2-4-22(21)15-20/h1-10,15,24-25H,11-14,16-18,28-29H2/t24-,25-/m1/s1. The number of amides is 1. The van der Waals surface area contributed by atoms with Gasteiger partial charge in [0.1, 0.15) is 0 Å². The fourth-order valence-corrected chi connectivity index (χ4v) is 4.60. The molecule has 0 aromatic heterocycles. The van der Waals surface area contributed by atoms with Crippen LogP contribution in [0.4, 0.5) is 0 Å². The molecule has 1 fully saturated rings. The Labute approximate surface area is 194 Å². The van der Waals surface area contributed by atoms with Crippen molar-refractivity contribution in [3.63, 3.8) is 0 Å². The maximum absolute atomic E-state index is 13.0. The molecular formula is C26H31ClN4O. The molecule has 1 saturated heterocycles. The van der Waals surface area contributed by atoms with Gasteiger partial charge in [-0.1, -0.05) is 66.2 Å². The first-order valence-electron chi connectivity index (χ1n) is 11.2. The number of piperazine rings is 1. The summed E-state index contributed by atoms with van der Waals surface area (Å²) >= 11 is 5.95. The molecule has 5 nitrogen and oxygen atoms in total. The Bertz CT molecular complexity index is 1060. The van der Waals surface area contributed by atoms with Crippen LogP contribution in [0.15, 0.2) is 66.7 Å². The molecule has 2 atom stereocenters. The van der Waals surface area contributed by atoms with Crippen LogP contribution in [0.25, 0.3) is 10.8 Å². The first kappa shape index (κ1) is 22.7. The van der Waals surface area contributed by atoms with E-state index in [1.165, 1.54) is 16.3 Å². The molecule has 3 aromatic carbocycles. The maximum Gasteiger partial charge on any atom is 0.239 e. The highest BCUT2D eigenvalue weighted by atomic mass is 35.5. The molecule has 1 aliphatic rings. The van der Waals surface area contributed by atoms with E-state index in [-0.39, 0.29) is 11.9 Å². The van der Waals surface area contributed by atoms with Crippen LogP contribution in [-0.4, -0.2) is 60.5 Å². The van der Waals surface area contributed by atoms with E-state index < -0.39 is 6.04 Å². The Morgan fingerprint density at radius 3 is 2.47 bits per heavy atom. The van der Waals surface area contributed by atoms with Gasteiger partial charge in [0.05, 0.1) is 6.04 Å². The molecule has 168 valence electrons. The van der Waals surface area contributed by atoms with Gasteiger partial charge >= 0.3 is 0 Å². The molecule has 0 bridgehead atoms. The number of carbonyl (C=O) groups excluding carboxylic acids is 1. The lowest BCUT2D eigenvalue weighted by atomic mass is 10.0. The third kappa shape index (κ3) is 5.48. The van der Waals surface area contributed by atoms with Crippen LogP contribution >= 0.6 is 11.6 Å². The number of hydrogen-bond acceptors (Lipinski definition) is 4. The molecule has 4 rings (SSSR count). The predicted octanol–water partition coefficient (Wildman–Crippen LogP) is 3.08. The Morgan fingerprint density at radius 1 is 1.00 bits per heavy atom. The summed E-state index contributed by atoms with van der Waals surface area (Å²) in [5.74, 6) is -0.00687. The van der Waals surface area contributed by atoms with E-state index in [2.05, 4.69) is 47.4 Å². The van der Waals surface area contributed by atoms with Crippen molar-refractivity contribution in [1.29, 1.82) is 0 Å². The van der Waals surface area contributed by atoms with E-state index in [0.29, 0.717) is 31.1 Å². The quantitative estimate of drug-likeness (QED) is 0.580. The van der Waals surface area contributed by atoms with Crippen LogP contribution in [0.1, 0.15) is 11.1 Å². The van der Waals surface area contributed by atoms with Crippen molar-refractivity contribution in [1.82, 2.24) is 9.80 Å². The molecule has 1 heterocycles. The Kier molecular flexibility index (Phi) is 7.43. The molecule has 0 radical (unpaired) electrons. The number of benzene rings is 3. The second-order valence-corrected chi connectivity index (χ2v) is 9.01. The molecule has 1 amide bonds. The van der Waals surface area contributed by atoms with Gasteiger partial charge in [-0.25, -0.2) is 0 Å². The number of nitrogens with zero attached hydrogens (tertiary/aromatic N) is 2. The first-order chi connectivity index (χ1) is 15.5. The third-order valence-electron chi connectivity index (χ3n) is 6.38. The first-order valence-corrected chi connectivity index (χ1v) is 11.6. The number of halogens is 1. The van der Waals surface area contributed by atoms with Crippen molar-refractivity contribution in [2.24, 2.45) is 11.5 Å². The van der Waals surface area contributed by atoms with Gasteiger partial charge in [0.15, 0.2) is 0 Å². The number of carbonyl (C=O) groups is 1. The summed E-state index contributed by atoms with van der Waals surface area (Å²) in [4.78, 5) is 17.2. The van der Waals surface area contributed by atoms with Crippen molar-refractivity contribution in [3.05, 3.63) is 82.9 Å². The van der Waals surface area contributed by atoms with Crippen LogP contribution in [0.3, 0.4) is 0 Å². The topological polar surface area (TPSA) is 75.6 Å². The second-order valence-electron chi connectivity index (χ2n) is 8.58. The molecule has 0 unspecified atom stereocenters. The Balaban J connectivity index is 1.32. The third-order valence-corrected chi connectivity index (χ3v) is 6.63. The Morgan fingerprint density at radius 2 is 1.72 bits per heavy atom. The van der Waals surface area contributed by atoms with E-state index in [0.717, 1.165) is 25.1 Å². The molecule has 0 saturated carbocycles. The fraction of sp³-hybridized carbons (Fsp3) is 0.346. The summed E-state index contributed by atoms with van der Waals surface area (Å²) in [5, 5.41) is 3.21. The molecule has 6 heteroatoms. The highest BCUT2D eigenvalue weighted by Crippen LogP contribution is 2.18. The van der Waals surface area contributed by atoms with Crippen molar-refractivity contribution in [3.8, 4) is 0 Å². The maximum atomic E-state index is 13.0. The fourth-order valence-electron chi connectivity index (χ4n) is 4.47. The number of hydrogen-bond donors (Lipinski definition) is 2. The number of rotatable bonds is 7. The van der Waals surface area contributed by atoms with Crippen molar-refractivity contribution in [2.75, 3.05) is 32.7 Å². The number of fused-ring (bicyclic) bond motifs is 1. The van der Waals surface area contributed by atoms with E-state index >= 15 is 0 Å². The summed E-state index contributed by atoms with van der Waals surface area (Å²) < 4.78 is 0. The molecule has 0 aliphatic carbocycles. The van der Waals surface area contributed by atoms with Crippen LogP contribution < -0.4 is 11.5 Å². The minimum Gasteiger partial charge on any atom is -0.338 e. The predicted molar refractivity (Wildman–Crippen MR) is 132 cm³/mol. The highest BCUT2D eigenvalue weighted by molar-refractivity contribution is 6.30. The van der Waals surface area contributed by atoms with Crippen molar-refractivity contribution < 1.29 is 4.79 Å². The zero-order valence-corrected chi connectivity index (χ0v) is 19.0. The highest BCUT2D eigenvalue weighted by Gasteiger charge is 2.30. The molecule has 32 heavy (non-hydrogen) atoms. The SMILES string of the molecule is NC[C@@H]1CN(C(=O)[C@H](N)Cc2ccc(Cl)cc2)CCN1CCc1ccc2ccccc2c1. The molecule has 0 spiro atoms. The van der Waals surface area contributed by atoms with Crippen LogP contribution in [-0.2, 0) is 17.6 Å². The van der Waals surface area contributed by atoms with Gasteiger partial charge in [0.25, 0.3) is 0 Å². The van der Waals surface area contributed by atoms with Gasteiger partial charge in [-0.05, 0) is 46.9 Å². The second kappa shape index (κ2) is 10.5. The van der Waals surface area contributed by atoms with Gasteiger partial charge in [0, 0.05) is 43.8 Å². The van der Waals surface area contributed by atoms with Gasteiger partial charge in [-0.2, -0.15) is 0 Å². The summed E-state index contributed by atoms with van der Waals surface area (Å²) in [6.45, 7) is 3.57. The molecule has 4 N–H and O–H groups in total. The van der Waals surface area contributed by atoms with Crippen molar-refractivity contribution in [2.45, 2.75) is 24.9 Å². The molecule has 1 aliphatic heterocycles. The zero-order chi connectivity index (χ0) is 22.5. The molecular weight excluding hydrogens is 420 g/mol. The molecule has 3 aromatic rings. The van der Waals surface area contributed by atoms with E-state index in [1.54, 1.807) is 0 Å². The van der Waals surface area contributed by atoms with Gasteiger partial charge in [-0.3, -0.25) is 9.69 Å². The lowest BCUT2D eigenvalue weighted by Gasteiger charge is -2.41. The summed E-state index contributed by atoms with van der Waals surface area (Å²) in [5.41, 5.74) is 14.7. The van der Waals surface area contributed by atoms with Gasteiger partial charge in [-0.15, -0.1) is 0 Å². The summed E-state index contributed by atoms with van der Waals surface area (Å²) in [6, 6.07) is 22.2. The average molecular weight is 451 g/mol. The Hall–Kier alpha value is -2.44. The number of nitrogens with two attached hydrogens (primary N) is 2.